The van der Waals surface area contributed by atoms with Gasteiger partial charge in [-0.05, 0) is 11.1 Å². The SMILES string of the molecule is [Y].[c-]1ccccc1C1(c2[c-]cccc2)C=Cc2ccccc21. The van der Waals surface area contributed by atoms with E-state index in [0.717, 1.165) is 11.1 Å². The predicted molar refractivity (Wildman–Crippen MR) is 85.9 cm³/mol. The normalized spacial score (nSPS) is 14.2. The van der Waals surface area contributed by atoms with Crippen LogP contribution < -0.4 is 0 Å². The minimum Gasteiger partial charge on any atom is -0.179 e. The molecule has 0 heterocycles. The largest absolute Gasteiger partial charge is 0.179 e. The summed E-state index contributed by atoms with van der Waals surface area (Å²) >= 11 is 0. The summed E-state index contributed by atoms with van der Waals surface area (Å²) in [6, 6.07) is 31.8. The van der Waals surface area contributed by atoms with Crippen molar-refractivity contribution in [3.05, 3.63) is 113 Å². The van der Waals surface area contributed by atoms with Gasteiger partial charge in [0, 0.05) is 38.1 Å². The van der Waals surface area contributed by atoms with E-state index in [1.807, 2.05) is 24.3 Å². The quantitative estimate of drug-likeness (QED) is 0.588. The van der Waals surface area contributed by atoms with E-state index >= 15 is 0 Å². The number of hydrogen-bond donors (Lipinski definition) is 0. The van der Waals surface area contributed by atoms with Crippen molar-refractivity contribution in [2.24, 2.45) is 0 Å². The Kier molecular flexibility index (Phi) is 4.43. The summed E-state index contributed by atoms with van der Waals surface area (Å²) in [5, 5.41) is 0. The molecular formula is C21H14Y-2. The Bertz CT molecular complexity index is 749. The van der Waals surface area contributed by atoms with Crippen molar-refractivity contribution in [2.75, 3.05) is 0 Å². The molecule has 1 radical (unpaired) electrons. The van der Waals surface area contributed by atoms with Gasteiger partial charge in [-0.25, -0.2) is 0 Å². The van der Waals surface area contributed by atoms with Gasteiger partial charge in [-0.1, -0.05) is 36.4 Å². The van der Waals surface area contributed by atoms with Gasteiger partial charge in [0.05, 0.1) is 0 Å². The molecule has 3 aromatic rings. The van der Waals surface area contributed by atoms with Crippen LogP contribution in [0.3, 0.4) is 0 Å². The van der Waals surface area contributed by atoms with Crippen molar-refractivity contribution in [3.8, 4) is 0 Å². The first-order chi connectivity index (χ1) is 10.4. The topological polar surface area (TPSA) is 0 Å². The third kappa shape index (κ3) is 2.31. The summed E-state index contributed by atoms with van der Waals surface area (Å²) in [6.45, 7) is 0. The van der Waals surface area contributed by atoms with Crippen LogP contribution in [0.5, 0.6) is 0 Å². The second-order valence-electron chi connectivity index (χ2n) is 5.28. The maximum Gasteiger partial charge on any atom is 0.0193 e. The third-order valence-electron chi connectivity index (χ3n) is 4.17. The third-order valence-corrected chi connectivity index (χ3v) is 4.17. The molecule has 0 spiro atoms. The molecule has 0 atom stereocenters. The van der Waals surface area contributed by atoms with Crippen molar-refractivity contribution in [3.63, 3.8) is 0 Å². The van der Waals surface area contributed by atoms with Gasteiger partial charge in [0.15, 0.2) is 0 Å². The van der Waals surface area contributed by atoms with Crippen molar-refractivity contribution < 1.29 is 32.7 Å². The molecular weight excluding hydrogens is 341 g/mol. The molecule has 0 fully saturated rings. The van der Waals surface area contributed by atoms with E-state index in [4.69, 9.17) is 0 Å². The molecule has 1 heteroatoms. The summed E-state index contributed by atoms with van der Waals surface area (Å²) in [5.41, 5.74) is 4.61. The maximum absolute atomic E-state index is 3.42. The van der Waals surface area contributed by atoms with Crippen LogP contribution in [-0.4, -0.2) is 0 Å². The molecule has 0 aromatic heterocycles. The predicted octanol–water partition coefficient (Wildman–Crippen LogP) is 4.65. The van der Waals surface area contributed by atoms with E-state index in [0.29, 0.717) is 0 Å². The van der Waals surface area contributed by atoms with Crippen LogP contribution in [-0.2, 0) is 38.1 Å². The van der Waals surface area contributed by atoms with Crippen LogP contribution in [0.2, 0.25) is 0 Å². The van der Waals surface area contributed by atoms with Crippen LogP contribution in [0.4, 0.5) is 0 Å². The molecule has 0 bridgehead atoms. The average molecular weight is 355 g/mol. The van der Waals surface area contributed by atoms with Gasteiger partial charge in [0.25, 0.3) is 0 Å². The van der Waals surface area contributed by atoms with Crippen molar-refractivity contribution in [1.82, 2.24) is 0 Å². The summed E-state index contributed by atoms with van der Waals surface area (Å²) < 4.78 is 0. The summed E-state index contributed by atoms with van der Waals surface area (Å²) in [7, 11) is 0. The van der Waals surface area contributed by atoms with E-state index in [2.05, 4.69) is 72.8 Å². The van der Waals surface area contributed by atoms with E-state index in [9.17, 15) is 0 Å². The van der Waals surface area contributed by atoms with Gasteiger partial charge >= 0.3 is 0 Å². The Balaban J connectivity index is 0.00000144. The summed E-state index contributed by atoms with van der Waals surface area (Å²) in [5.74, 6) is 0. The Morgan fingerprint density at radius 2 is 1.27 bits per heavy atom. The molecule has 0 saturated heterocycles. The minimum absolute atomic E-state index is 0. The van der Waals surface area contributed by atoms with Crippen molar-refractivity contribution in [2.45, 2.75) is 5.41 Å². The second-order valence-corrected chi connectivity index (χ2v) is 5.28. The number of fused-ring (bicyclic) bond motifs is 1. The Morgan fingerprint density at radius 3 is 1.86 bits per heavy atom. The monoisotopic (exact) mass is 355 g/mol. The van der Waals surface area contributed by atoms with E-state index < -0.39 is 0 Å². The molecule has 0 unspecified atom stereocenters. The number of benzene rings is 3. The van der Waals surface area contributed by atoms with Crippen LogP contribution in [0, 0.1) is 12.1 Å². The Morgan fingerprint density at radius 1 is 0.682 bits per heavy atom. The van der Waals surface area contributed by atoms with Crippen molar-refractivity contribution >= 4 is 6.08 Å². The molecule has 0 amide bonds. The van der Waals surface area contributed by atoms with Crippen LogP contribution >= 0.6 is 0 Å². The molecule has 1 aliphatic rings. The average Bonchev–Trinajstić information content (AvgIpc) is 2.97. The zero-order chi connectivity index (χ0) is 14.1. The summed E-state index contributed by atoms with van der Waals surface area (Å²) in [4.78, 5) is 0. The molecule has 4 rings (SSSR count). The first-order valence-electron chi connectivity index (χ1n) is 7.14. The maximum atomic E-state index is 3.42. The zero-order valence-corrected chi connectivity index (χ0v) is 15.0. The van der Waals surface area contributed by atoms with Crippen LogP contribution in [0.1, 0.15) is 22.3 Å². The van der Waals surface area contributed by atoms with E-state index in [-0.39, 0.29) is 38.1 Å². The fraction of sp³-hybridized carbons (Fsp3) is 0.0476. The van der Waals surface area contributed by atoms with Gasteiger partial charge in [-0.3, -0.25) is 0 Å². The fourth-order valence-corrected chi connectivity index (χ4v) is 3.20. The van der Waals surface area contributed by atoms with Gasteiger partial charge in [-0.2, -0.15) is 60.7 Å². The first-order valence-corrected chi connectivity index (χ1v) is 7.14. The smallest absolute Gasteiger partial charge is 0.0193 e. The number of hydrogen-bond acceptors (Lipinski definition) is 0. The Hall–Kier alpha value is -1.50. The fourth-order valence-electron chi connectivity index (χ4n) is 3.20. The van der Waals surface area contributed by atoms with Gasteiger partial charge in [-0.15, -0.1) is 11.1 Å². The molecule has 22 heavy (non-hydrogen) atoms. The molecule has 3 aromatic carbocycles. The summed E-state index contributed by atoms with van der Waals surface area (Å²) in [6.07, 6.45) is 4.48. The van der Waals surface area contributed by atoms with E-state index in [1.165, 1.54) is 11.1 Å². The Labute approximate surface area is 156 Å². The van der Waals surface area contributed by atoms with Crippen LogP contribution in [0.25, 0.3) is 6.08 Å². The van der Waals surface area contributed by atoms with Gasteiger partial charge < -0.3 is 0 Å². The number of rotatable bonds is 2. The van der Waals surface area contributed by atoms with Crippen LogP contribution in [0.15, 0.2) is 78.9 Å². The zero-order valence-electron chi connectivity index (χ0n) is 12.2. The van der Waals surface area contributed by atoms with Gasteiger partial charge in [0.2, 0.25) is 0 Å². The molecule has 103 valence electrons. The molecule has 0 saturated carbocycles. The molecule has 0 N–H and O–H groups in total. The standard InChI is InChI=1S/C21H14.Y/c1-3-10-18(11-4-1)21(19-12-5-2-6-13-19)16-15-17-9-7-8-14-20(17)21;/h1-10,12,14-16H;/q-2;. The van der Waals surface area contributed by atoms with E-state index in [1.54, 1.807) is 0 Å². The molecule has 0 nitrogen and oxygen atoms in total. The molecule has 1 aliphatic carbocycles. The number of allylic oxidation sites excluding steroid dienone is 1. The molecule has 0 aliphatic heterocycles. The first kappa shape index (κ1) is 15.4. The van der Waals surface area contributed by atoms with Gasteiger partial charge in [0.1, 0.15) is 0 Å². The van der Waals surface area contributed by atoms with Crippen molar-refractivity contribution in [1.29, 1.82) is 0 Å². The minimum atomic E-state index is -0.279. The second kappa shape index (κ2) is 6.32.